The highest BCUT2D eigenvalue weighted by molar-refractivity contribution is 6.02. The lowest BCUT2D eigenvalue weighted by Crippen LogP contribution is -2.16. The van der Waals surface area contributed by atoms with E-state index in [0.717, 1.165) is 5.56 Å². The van der Waals surface area contributed by atoms with Gasteiger partial charge in [-0.1, -0.05) is 6.07 Å². The molecule has 1 amide bonds. The summed E-state index contributed by atoms with van der Waals surface area (Å²) in [6.45, 7) is 2.74. The van der Waals surface area contributed by atoms with Crippen LogP contribution in [0.5, 0.6) is 17.2 Å². The number of hydrogen-bond donors (Lipinski definition) is 1. The first-order valence-electron chi connectivity index (χ1n) is 7.79. The quantitative estimate of drug-likeness (QED) is 0.863. The maximum atomic E-state index is 13.7. The van der Waals surface area contributed by atoms with Crippen LogP contribution in [0, 0.1) is 12.7 Å². The minimum absolute atomic E-state index is 0.148. The predicted molar refractivity (Wildman–Crippen MR) is 92.8 cm³/mol. The molecule has 0 fully saturated rings. The molecule has 0 spiro atoms. The molecule has 0 saturated heterocycles. The van der Waals surface area contributed by atoms with Crippen molar-refractivity contribution in [2.75, 3.05) is 25.6 Å². The van der Waals surface area contributed by atoms with Crippen LogP contribution in [0.25, 0.3) is 6.08 Å². The highest BCUT2D eigenvalue weighted by Crippen LogP contribution is 2.40. The van der Waals surface area contributed by atoms with Crippen molar-refractivity contribution >= 4 is 17.7 Å². The first-order chi connectivity index (χ1) is 12.1. The van der Waals surface area contributed by atoms with E-state index in [-0.39, 0.29) is 5.69 Å². The van der Waals surface area contributed by atoms with Gasteiger partial charge in [0.1, 0.15) is 19.0 Å². The molecule has 6 heteroatoms. The highest BCUT2D eigenvalue weighted by atomic mass is 19.1. The molecule has 2 aromatic carbocycles. The number of hydrogen-bond acceptors (Lipinski definition) is 4. The summed E-state index contributed by atoms with van der Waals surface area (Å²) >= 11 is 0. The van der Waals surface area contributed by atoms with Crippen LogP contribution in [0.3, 0.4) is 0 Å². The van der Waals surface area contributed by atoms with E-state index in [4.69, 9.17) is 14.2 Å². The van der Waals surface area contributed by atoms with E-state index >= 15 is 0 Å². The van der Waals surface area contributed by atoms with Gasteiger partial charge in [0.05, 0.1) is 12.8 Å². The molecule has 3 rings (SSSR count). The largest absolute Gasteiger partial charge is 0.493 e. The molecule has 0 atom stereocenters. The molecule has 0 saturated carbocycles. The second-order valence-corrected chi connectivity index (χ2v) is 5.55. The Labute approximate surface area is 145 Å². The Morgan fingerprint density at radius 1 is 1.24 bits per heavy atom. The number of aryl methyl sites for hydroxylation is 1. The van der Waals surface area contributed by atoms with Crippen molar-refractivity contribution in [1.29, 1.82) is 0 Å². The number of halogens is 1. The van der Waals surface area contributed by atoms with Gasteiger partial charge in [-0.3, -0.25) is 4.79 Å². The number of amides is 1. The van der Waals surface area contributed by atoms with Crippen LogP contribution in [-0.2, 0) is 4.79 Å². The summed E-state index contributed by atoms with van der Waals surface area (Å²) in [6.07, 6.45) is 2.93. The van der Waals surface area contributed by atoms with Crippen molar-refractivity contribution in [3.05, 3.63) is 53.4 Å². The fourth-order valence-corrected chi connectivity index (χ4v) is 2.47. The van der Waals surface area contributed by atoms with Crippen molar-refractivity contribution in [3.8, 4) is 17.2 Å². The zero-order valence-corrected chi connectivity index (χ0v) is 14.0. The number of fused-ring (bicyclic) bond motifs is 1. The summed E-state index contributed by atoms with van der Waals surface area (Å²) in [4.78, 5) is 12.0. The number of ether oxygens (including phenoxy) is 3. The summed E-state index contributed by atoms with van der Waals surface area (Å²) in [5.41, 5.74) is 1.72. The number of nitrogens with one attached hydrogen (secondary N) is 1. The molecule has 0 unspecified atom stereocenters. The summed E-state index contributed by atoms with van der Waals surface area (Å²) in [6, 6.07) is 8.04. The molecular formula is C19H18FNO4. The van der Waals surface area contributed by atoms with E-state index in [9.17, 15) is 9.18 Å². The van der Waals surface area contributed by atoms with Gasteiger partial charge in [-0.25, -0.2) is 4.39 Å². The van der Waals surface area contributed by atoms with Crippen molar-refractivity contribution in [3.63, 3.8) is 0 Å². The zero-order valence-electron chi connectivity index (χ0n) is 14.0. The fourth-order valence-electron chi connectivity index (χ4n) is 2.47. The summed E-state index contributed by atoms with van der Waals surface area (Å²) in [5.74, 6) is 0.737. The molecule has 0 bridgehead atoms. The molecule has 2 aromatic rings. The third-order valence-electron chi connectivity index (χ3n) is 3.66. The molecular weight excluding hydrogens is 325 g/mol. The number of rotatable bonds is 4. The van der Waals surface area contributed by atoms with E-state index in [2.05, 4.69) is 5.32 Å². The minimum Gasteiger partial charge on any atom is -0.493 e. The average molecular weight is 343 g/mol. The topological polar surface area (TPSA) is 56.8 Å². The van der Waals surface area contributed by atoms with Crippen LogP contribution in [-0.4, -0.2) is 26.2 Å². The standard InChI is InChI=1S/C19H18FNO4/c1-12-3-5-14(20)15(9-12)21-18(22)6-4-13-10-16(23-2)19-17(11-13)24-7-8-25-19/h3-6,9-11H,7-8H2,1-2H3,(H,21,22)/b6-4+. The van der Waals surface area contributed by atoms with Gasteiger partial charge in [0.2, 0.25) is 11.7 Å². The smallest absolute Gasteiger partial charge is 0.248 e. The van der Waals surface area contributed by atoms with Gasteiger partial charge in [0, 0.05) is 6.08 Å². The normalized spacial score (nSPS) is 12.9. The summed E-state index contributed by atoms with van der Waals surface area (Å²) < 4.78 is 30.1. The number of methoxy groups -OCH3 is 1. The molecule has 25 heavy (non-hydrogen) atoms. The molecule has 130 valence electrons. The second kappa shape index (κ2) is 7.25. The number of anilines is 1. The predicted octanol–water partition coefficient (Wildman–Crippen LogP) is 3.57. The molecule has 0 aliphatic carbocycles. The van der Waals surface area contributed by atoms with Crippen LogP contribution in [0.2, 0.25) is 0 Å². The monoisotopic (exact) mass is 343 g/mol. The molecule has 0 aromatic heterocycles. The number of carbonyl (C=O) groups is 1. The van der Waals surface area contributed by atoms with Crippen LogP contribution in [0.15, 0.2) is 36.4 Å². The summed E-state index contributed by atoms with van der Waals surface area (Å²) in [7, 11) is 1.54. The van der Waals surface area contributed by atoms with Crippen LogP contribution in [0.1, 0.15) is 11.1 Å². The van der Waals surface area contributed by atoms with Crippen LogP contribution < -0.4 is 19.5 Å². The van der Waals surface area contributed by atoms with Gasteiger partial charge in [-0.2, -0.15) is 0 Å². The van der Waals surface area contributed by atoms with Gasteiger partial charge < -0.3 is 19.5 Å². The van der Waals surface area contributed by atoms with E-state index in [1.165, 1.54) is 19.3 Å². The average Bonchev–Trinajstić information content (AvgIpc) is 2.62. The number of carbonyl (C=O) groups excluding carboxylic acids is 1. The molecule has 1 aliphatic heterocycles. The third kappa shape index (κ3) is 3.91. The second-order valence-electron chi connectivity index (χ2n) is 5.55. The van der Waals surface area contributed by atoms with E-state index in [0.29, 0.717) is 36.0 Å². The zero-order chi connectivity index (χ0) is 17.8. The Bertz CT molecular complexity index is 815. The lowest BCUT2D eigenvalue weighted by molar-refractivity contribution is -0.111. The lowest BCUT2D eigenvalue weighted by Gasteiger charge is -2.20. The van der Waals surface area contributed by atoms with Gasteiger partial charge >= 0.3 is 0 Å². The Hall–Kier alpha value is -3.02. The number of benzene rings is 2. The van der Waals surface area contributed by atoms with Gasteiger partial charge in [-0.05, 0) is 48.4 Å². The van der Waals surface area contributed by atoms with Crippen molar-refractivity contribution < 1.29 is 23.4 Å². The van der Waals surface area contributed by atoms with Crippen LogP contribution >= 0.6 is 0 Å². The first-order valence-corrected chi connectivity index (χ1v) is 7.79. The Morgan fingerprint density at radius 3 is 2.84 bits per heavy atom. The van der Waals surface area contributed by atoms with Gasteiger partial charge in [0.15, 0.2) is 11.5 Å². The lowest BCUT2D eigenvalue weighted by atomic mass is 10.1. The molecule has 5 nitrogen and oxygen atoms in total. The first kappa shape index (κ1) is 16.8. The molecule has 0 radical (unpaired) electrons. The molecule has 1 N–H and O–H groups in total. The van der Waals surface area contributed by atoms with Crippen molar-refractivity contribution in [1.82, 2.24) is 0 Å². The fraction of sp³-hybridized carbons (Fsp3) is 0.211. The maximum absolute atomic E-state index is 13.7. The minimum atomic E-state index is -0.478. The Kier molecular flexibility index (Phi) is 4.88. The molecule has 1 heterocycles. The van der Waals surface area contributed by atoms with E-state index in [1.807, 2.05) is 6.92 Å². The van der Waals surface area contributed by atoms with Crippen LogP contribution in [0.4, 0.5) is 10.1 Å². The molecule has 1 aliphatic rings. The Morgan fingerprint density at radius 2 is 2.04 bits per heavy atom. The summed E-state index contributed by atoms with van der Waals surface area (Å²) in [5, 5.41) is 2.52. The van der Waals surface area contributed by atoms with Gasteiger partial charge in [0.25, 0.3) is 0 Å². The van der Waals surface area contributed by atoms with Gasteiger partial charge in [-0.15, -0.1) is 0 Å². The maximum Gasteiger partial charge on any atom is 0.248 e. The highest BCUT2D eigenvalue weighted by Gasteiger charge is 2.17. The Balaban J connectivity index is 1.77. The third-order valence-corrected chi connectivity index (χ3v) is 3.66. The van der Waals surface area contributed by atoms with E-state index in [1.54, 1.807) is 30.3 Å². The van der Waals surface area contributed by atoms with Crippen molar-refractivity contribution in [2.45, 2.75) is 6.92 Å². The van der Waals surface area contributed by atoms with Crippen molar-refractivity contribution in [2.24, 2.45) is 0 Å². The SMILES string of the molecule is COc1cc(/C=C/C(=O)Nc2cc(C)ccc2F)cc2c1OCCO2. The van der Waals surface area contributed by atoms with E-state index < -0.39 is 11.7 Å².